The first-order valence-corrected chi connectivity index (χ1v) is 8.34. The zero-order valence-corrected chi connectivity index (χ0v) is 14.0. The van der Waals surface area contributed by atoms with Crippen molar-refractivity contribution in [1.82, 2.24) is 14.8 Å². The number of amides is 1. The molecule has 6 nitrogen and oxygen atoms in total. The summed E-state index contributed by atoms with van der Waals surface area (Å²) in [6, 6.07) is 1.86. The Morgan fingerprint density at radius 2 is 2.23 bits per heavy atom. The molecule has 2 aromatic heterocycles. The lowest BCUT2D eigenvalue weighted by Gasteiger charge is -2.05. The number of H-pyrrole nitrogens is 1. The second-order valence-electron chi connectivity index (χ2n) is 5.34. The molecule has 0 bridgehead atoms. The van der Waals surface area contributed by atoms with Crippen molar-refractivity contribution in [2.75, 3.05) is 5.32 Å². The van der Waals surface area contributed by atoms with Gasteiger partial charge in [-0.05, 0) is 26.7 Å². The van der Waals surface area contributed by atoms with E-state index in [0.717, 1.165) is 35.5 Å². The van der Waals surface area contributed by atoms with Crippen molar-refractivity contribution >= 4 is 23.1 Å². The molecule has 2 rings (SSSR count). The first-order chi connectivity index (χ1) is 10.5. The van der Waals surface area contributed by atoms with Crippen molar-refractivity contribution in [3.8, 4) is 0 Å². The third-order valence-corrected chi connectivity index (χ3v) is 4.63. The Bertz CT molecular complexity index is 699. The molecular weight excluding hydrogens is 300 g/mol. The van der Waals surface area contributed by atoms with Crippen LogP contribution in [0.2, 0.25) is 0 Å². The van der Waals surface area contributed by atoms with Gasteiger partial charge >= 0.3 is 4.87 Å². The molecule has 0 aliphatic rings. The smallest absolute Gasteiger partial charge is 0.307 e. The number of rotatable bonds is 7. The van der Waals surface area contributed by atoms with Gasteiger partial charge < -0.3 is 9.88 Å². The molecule has 0 radical (unpaired) electrons. The van der Waals surface area contributed by atoms with E-state index < -0.39 is 0 Å². The molecular formula is C15H22N4O2S. The van der Waals surface area contributed by atoms with Gasteiger partial charge in [-0.15, -0.1) is 0 Å². The highest BCUT2D eigenvalue weighted by Gasteiger charge is 2.10. The number of aryl methyl sites for hydroxylation is 2. The molecule has 0 saturated carbocycles. The van der Waals surface area contributed by atoms with Crippen LogP contribution in [-0.2, 0) is 17.8 Å². The maximum atomic E-state index is 12.0. The number of nitrogens with one attached hydrogen (secondary N) is 2. The van der Waals surface area contributed by atoms with Gasteiger partial charge in [0, 0.05) is 35.3 Å². The molecule has 2 heterocycles. The number of carbonyl (C=O) groups excluding carboxylic acids is 1. The van der Waals surface area contributed by atoms with Gasteiger partial charge in [0.1, 0.15) is 0 Å². The van der Waals surface area contributed by atoms with Gasteiger partial charge in [-0.1, -0.05) is 24.7 Å². The number of aromatic amines is 1. The molecule has 7 heteroatoms. The first-order valence-electron chi connectivity index (χ1n) is 7.52. The Hall–Kier alpha value is -1.89. The van der Waals surface area contributed by atoms with Crippen LogP contribution in [0, 0.1) is 13.8 Å². The summed E-state index contributed by atoms with van der Waals surface area (Å²) in [6.45, 7) is 6.35. The minimum Gasteiger partial charge on any atom is -0.309 e. The average molecular weight is 322 g/mol. The molecule has 22 heavy (non-hydrogen) atoms. The molecule has 2 N–H and O–H groups in total. The standard InChI is InChI=1S/C15H22N4O2S/c1-4-5-6-12-9-13(18-17-12)16-14(20)7-8-19-10(2)11(3)22-15(19)21/h9H,4-8H2,1-3H3,(H2,16,17,18,20). The number of unbranched alkanes of at least 4 members (excludes halogenated alkanes) is 1. The predicted molar refractivity (Wildman–Crippen MR) is 88.5 cm³/mol. The molecule has 120 valence electrons. The molecule has 0 atom stereocenters. The lowest BCUT2D eigenvalue weighted by atomic mass is 10.2. The van der Waals surface area contributed by atoms with Gasteiger partial charge in [-0.3, -0.25) is 14.7 Å². The SMILES string of the molecule is CCCCc1cc(NC(=O)CCn2c(C)c(C)sc2=O)n[nH]1. The van der Waals surface area contributed by atoms with E-state index in [1.807, 2.05) is 19.9 Å². The second kappa shape index (κ2) is 7.40. The van der Waals surface area contributed by atoms with Crippen LogP contribution in [0.3, 0.4) is 0 Å². The number of carbonyl (C=O) groups is 1. The fourth-order valence-corrected chi connectivity index (χ4v) is 3.04. The van der Waals surface area contributed by atoms with Crippen LogP contribution in [0.15, 0.2) is 10.9 Å². The van der Waals surface area contributed by atoms with E-state index in [1.165, 1.54) is 11.3 Å². The van der Waals surface area contributed by atoms with Crippen molar-refractivity contribution < 1.29 is 4.79 Å². The molecule has 0 fully saturated rings. The largest absolute Gasteiger partial charge is 0.309 e. The van der Waals surface area contributed by atoms with Crippen molar-refractivity contribution in [3.63, 3.8) is 0 Å². The summed E-state index contributed by atoms with van der Waals surface area (Å²) in [4.78, 5) is 24.7. The third kappa shape index (κ3) is 4.07. The monoisotopic (exact) mass is 322 g/mol. The van der Waals surface area contributed by atoms with Crippen LogP contribution in [0.5, 0.6) is 0 Å². The van der Waals surface area contributed by atoms with Crippen LogP contribution in [0.1, 0.15) is 42.5 Å². The molecule has 0 aliphatic carbocycles. The Morgan fingerprint density at radius 1 is 1.45 bits per heavy atom. The van der Waals surface area contributed by atoms with E-state index in [1.54, 1.807) is 4.57 Å². The highest BCUT2D eigenvalue weighted by atomic mass is 32.1. The number of hydrogen-bond acceptors (Lipinski definition) is 4. The summed E-state index contributed by atoms with van der Waals surface area (Å²) >= 11 is 1.22. The Kier molecular flexibility index (Phi) is 5.54. The third-order valence-electron chi connectivity index (χ3n) is 3.64. The van der Waals surface area contributed by atoms with Gasteiger partial charge in [0.05, 0.1) is 0 Å². The molecule has 1 amide bonds. The van der Waals surface area contributed by atoms with Crippen LogP contribution in [0.4, 0.5) is 5.82 Å². The van der Waals surface area contributed by atoms with E-state index >= 15 is 0 Å². The average Bonchev–Trinajstić information content (AvgIpc) is 3.01. The Balaban J connectivity index is 1.88. The maximum absolute atomic E-state index is 12.0. The number of anilines is 1. The van der Waals surface area contributed by atoms with Crippen LogP contribution in [-0.4, -0.2) is 20.7 Å². The molecule has 0 spiro atoms. The minimum absolute atomic E-state index is 0.00980. The number of hydrogen-bond donors (Lipinski definition) is 2. The lowest BCUT2D eigenvalue weighted by Crippen LogP contribution is -2.20. The summed E-state index contributed by atoms with van der Waals surface area (Å²) in [7, 11) is 0. The zero-order valence-electron chi connectivity index (χ0n) is 13.2. The van der Waals surface area contributed by atoms with Crippen LogP contribution < -0.4 is 10.2 Å². The lowest BCUT2D eigenvalue weighted by molar-refractivity contribution is -0.116. The van der Waals surface area contributed by atoms with E-state index in [2.05, 4.69) is 22.4 Å². The van der Waals surface area contributed by atoms with Crippen molar-refractivity contribution in [1.29, 1.82) is 0 Å². The zero-order chi connectivity index (χ0) is 16.1. The van der Waals surface area contributed by atoms with Crippen molar-refractivity contribution in [2.24, 2.45) is 0 Å². The normalized spacial score (nSPS) is 10.9. The molecule has 0 aromatic carbocycles. The Labute approximate surface area is 133 Å². The molecule has 0 unspecified atom stereocenters. The first kappa shape index (κ1) is 16.5. The summed E-state index contributed by atoms with van der Waals surface area (Å²) in [6.07, 6.45) is 3.40. The minimum atomic E-state index is -0.135. The van der Waals surface area contributed by atoms with E-state index in [0.29, 0.717) is 12.4 Å². The fourth-order valence-electron chi connectivity index (χ4n) is 2.19. The predicted octanol–water partition coefficient (Wildman–Crippen LogP) is 2.62. The summed E-state index contributed by atoms with van der Waals surface area (Å²) in [5.74, 6) is 0.408. The topological polar surface area (TPSA) is 79.8 Å². The summed E-state index contributed by atoms with van der Waals surface area (Å²) < 4.78 is 1.65. The second-order valence-corrected chi connectivity index (χ2v) is 6.51. The quantitative estimate of drug-likeness (QED) is 0.822. The number of aromatic nitrogens is 3. The van der Waals surface area contributed by atoms with Crippen LogP contribution in [0.25, 0.3) is 0 Å². The van der Waals surface area contributed by atoms with Gasteiger partial charge in [-0.2, -0.15) is 5.10 Å². The van der Waals surface area contributed by atoms with Gasteiger partial charge in [-0.25, -0.2) is 0 Å². The van der Waals surface area contributed by atoms with Gasteiger partial charge in [0.2, 0.25) is 5.91 Å². The van der Waals surface area contributed by atoms with Gasteiger partial charge in [0.25, 0.3) is 0 Å². The van der Waals surface area contributed by atoms with Gasteiger partial charge in [0.15, 0.2) is 5.82 Å². The number of nitrogens with zero attached hydrogens (tertiary/aromatic N) is 2. The molecule has 0 saturated heterocycles. The van der Waals surface area contributed by atoms with E-state index in [4.69, 9.17) is 0 Å². The Morgan fingerprint density at radius 3 is 2.86 bits per heavy atom. The maximum Gasteiger partial charge on any atom is 0.307 e. The molecule has 2 aromatic rings. The van der Waals surface area contributed by atoms with Crippen molar-refractivity contribution in [2.45, 2.75) is 53.0 Å². The van der Waals surface area contributed by atoms with E-state index in [-0.39, 0.29) is 17.2 Å². The number of thiazole rings is 1. The highest BCUT2D eigenvalue weighted by Crippen LogP contribution is 2.11. The highest BCUT2D eigenvalue weighted by molar-refractivity contribution is 7.09. The molecule has 0 aliphatic heterocycles. The van der Waals surface area contributed by atoms with Crippen molar-refractivity contribution in [3.05, 3.63) is 32.0 Å². The summed E-state index contributed by atoms with van der Waals surface area (Å²) in [5, 5.41) is 9.76. The summed E-state index contributed by atoms with van der Waals surface area (Å²) in [5.41, 5.74) is 1.96. The van der Waals surface area contributed by atoms with E-state index in [9.17, 15) is 9.59 Å². The fraction of sp³-hybridized carbons (Fsp3) is 0.533. The van der Waals surface area contributed by atoms with Crippen LogP contribution >= 0.6 is 11.3 Å².